The number of anilines is 1. The van der Waals surface area contributed by atoms with Gasteiger partial charge < -0.3 is 5.73 Å². The van der Waals surface area contributed by atoms with Gasteiger partial charge in [0, 0.05) is 18.8 Å². The average molecular weight is 271 g/mol. The molecule has 1 aromatic carbocycles. The highest BCUT2D eigenvalue weighted by atomic mass is 32.2. The summed E-state index contributed by atoms with van der Waals surface area (Å²) in [5.41, 5.74) is 5.62. The predicted octanol–water partition coefficient (Wildman–Crippen LogP) is 1.33. The first kappa shape index (κ1) is 14.4. The van der Waals surface area contributed by atoms with Crippen molar-refractivity contribution in [3.63, 3.8) is 0 Å². The maximum absolute atomic E-state index is 13.5. The van der Waals surface area contributed by atoms with E-state index in [1.807, 2.05) is 6.07 Å². The number of benzene rings is 1. The Balaban J connectivity index is 3.22. The first-order valence-corrected chi connectivity index (χ1v) is 6.64. The summed E-state index contributed by atoms with van der Waals surface area (Å²) in [4.78, 5) is -0.477. The Kier molecular flexibility index (Phi) is 4.27. The molecule has 0 aliphatic carbocycles. The van der Waals surface area contributed by atoms with Crippen LogP contribution in [0.5, 0.6) is 0 Å². The quantitative estimate of drug-likeness (QED) is 0.837. The number of hydrogen-bond donors (Lipinski definition) is 1. The SMILES string of the molecule is CC(CC#N)N(C)S(=O)(=O)c1cc(N)ccc1F. The molecule has 0 saturated carbocycles. The molecule has 7 heteroatoms. The lowest BCUT2D eigenvalue weighted by Gasteiger charge is -2.22. The molecule has 0 bridgehead atoms. The Bertz CT molecular complexity index is 580. The maximum Gasteiger partial charge on any atom is 0.246 e. The molecule has 2 N–H and O–H groups in total. The number of nitrogens with two attached hydrogens (primary N) is 1. The van der Waals surface area contributed by atoms with E-state index in [9.17, 15) is 12.8 Å². The van der Waals surface area contributed by atoms with Crippen LogP contribution in [-0.2, 0) is 10.0 Å². The average Bonchev–Trinajstić information content (AvgIpc) is 2.31. The van der Waals surface area contributed by atoms with Crippen molar-refractivity contribution in [1.82, 2.24) is 4.31 Å². The Hall–Kier alpha value is -1.65. The van der Waals surface area contributed by atoms with Crippen LogP contribution in [0.4, 0.5) is 10.1 Å². The molecule has 1 unspecified atom stereocenters. The zero-order chi connectivity index (χ0) is 13.9. The van der Waals surface area contributed by atoms with Gasteiger partial charge in [0.1, 0.15) is 10.7 Å². The third-order valence-electron chi connectivity index (χ3n) is 2.62. The van der Waals surface area contributed by atoms with E-state index in [4.69, 9.17) is 11.0 Å². The van der Waals surface area contributed by atoms with E-state index in [1.165, 1.54) is 13.1 Å². The van der Waals surface area contributed by atoms with Gasteiger partial charge in [0.25, 0.3) is 0 Å². The number of hydrogen-bond acceptors (Lipinski definition) is 4. The van der Waals surface area contributed by atoms with Crippen molar-refractivity contribution in [2.24, 2.45) is 0 Å². The van der Waals surface area contributed by atoms with Crippen molar-refractivity contribution < 1.29 is 12.8 Å². The molecule has 0 aliphatic heterocycles. The Morgan fingerprint density at radius 3 is 2.72 bits per heavy atom. The van der Waals surface area contributed by atoms with Gasteiger partial charge in [0.05, 0.1) is 12.5 Å². The lowest BCUT2D eigenvalue weighted by atomic mass is 10.3. The van der Waals surface area contributed by atoms with Gasteiger partial charge in [0.15, 0.2) is 0 Å². The maximum atomic E-state index is 13.5. The minimum Gasteiger partial charge on any atom is -0.399 e. The fraction of sp³-hybridized carbons (Fsp3) is 0.364. The standard InChI is InChI=1S/C11H14FN3O2S/c1-8(5-6-13)15(2)18(16,17)11-7-9(14)3-4-10(11)12/h3-4,7-8H,5,14H2,1-2H3. The van der Waals surface area contributed by atoms with Gasteiger partial charge in [-0.15, -0.1) is 0 Å². The van der Waals surface area contributed by atoms with E-state index in [2.05, 4.69) is 0 Å². The zero-order valence-electron chi connectivity index (χ0n) is 10.1. The van der Waals surface area contributed by atoms with Crippen LogP contribution in [0.25, 0.3) is 0 Å². The summed E-state index contributed by atoms with van der Waals surface area (Å²) in [6.45, 7) is 1.57. The van der Waals surface area contributed by atoms with E-state index in [0.29, 0.717) is 0 Å². The fourth-order valence-electron chi connectivity index (χ4n) is 1.37. The zero-order valence-corrected chi connectivity index (χ0v) is 10.9. The van der Waals surface area contributed by atoms with E-state index in [0.717, 1.165) is 16.4 Å². The predicted molar refractivity (Wildman–Crippen MR) is 65.5 cm³/mol. The molecule has 98 valence electrons. The van der Waals surface area contributed by atoms with Gasteiger partial charge in [-0.25, -0.2) is 12.8 Å². The molecule has 0 aromatic heterocycles. The fourth-order valence-corrected chi connectivity index (χ4v) is 2.83. The second-order valence-electron chi connectivity index (χ2n) is 3.92. The second kappa shape index (κ2) is 5.33. The molecule has 18 heavy (non-hydrogen) atoms. The van der Waals surface area contributed by atoms with Gasteiger partial charge in [0.2, 0.25) is 10.0 Å². The molecule has 1 rings (SSSR count). The van der Waals surface area contributed by atoms with Crippen LogP contribution >= 0.6 is 0 Å². The monoisotopic (exact) mass is 271 g/mol. The molecule has 5 nitrogen and oxygen atoms in total. The lowest BCUT2D eigenvalue weighted by Crippen LogP contribution is -2.35. The van der Waals surface area contributed by atoms with E-state index in [1.54, 1.807) is 6.92 Å². The van der Waals surface area contributed by atoms with Crippen molar-refractivity contribution in [2.75, 3.05) is 12.8 Å². The number of nitriles is 1. The molecular formula is C11H14FN3O2S. The molecule has 0 amide bonds. The van der Waals surface area contributed by atoms with Crippen LogP contribution in [0, 0.1) is 17.1 Å². The number of nitrogens with zero attached hydrogens (tertiary/aromatic N) is 2. The normalized spacial score (nSPS) is 13.3. The highest BCUT2D eigenvalue weighted by Gasteiger charge is 2.28. The Morgan fingerprint density at radius 2 is 2.17 bits per heavy atom. The topological polar surface area (TPSA) is 87.2 Å². The minimum atomic E-state index is -3.99. The highest BCUT2D eigenvalue weighted by Crippen LogP contribution is 2.22. The van der Waals surface area contributed by atoms with Gasteiger partial charge in [-0.3, -0.25) is 0 Å². The van der Waals surface area contributed by atoms with Gasteiger partial charge >= 0.3 is 0 Å². The molecule has 0 saturated heterocycles. The van der Waals surface area contributed by atoms with E-state index < -0.39 is 26.8 Å². The van der Waals surface area contributed by atoms with Gasteiger partial charge in [-0.1, -0.05) is 0 Å². The van der Waals surface area contributed by atoms with Crippen LogP contribution in [-0.4, -0.2) is 25.8 Å². The molecule has 0 radical (unpaired) electrons. The summed E-state index contributed by atoms with van der Waals surface area (Å²) in [6, 6.07) is 4.69. The van der Waals surface area contributed by atoms with Crippen molar-refractivity contribution in [3.8, 4) is 6.07 Å². The third-order valence-corrected chi connectivity index (χ3v) is 4.61. The first-order valence-electron chi connectivity index (χ1n) is 5.20. The molecular weight excluding hydrogens is 257 g/mol. The largest absolute Gasteiger partial charge is 0.399 e. The lowest BCUT2D eigenvalue weighted by molar-refractivity contribution is 0.390. The van der Waals surface area contributed by atoms with Crippen LogP contribution in [0.15, 0.2) is 23.1 Å². The number of rotatable bonds is 4. The van der Waals surface area contributed by atoms with Gasteiger partial charge in [-0.2, -0.15) is 9.57 Å². The summed E-state index contributed by atoms with van der Waals surface area (Å²) < 4.78 is 38.8. The summed E-state index contributed by atoms with van der Waals surface area (Å²) >= 11 is 0. The highest BCUT2D eigenvalue weighted by molar-refractivity contribution is 7.89. The minimum absolute atomic E-state index is 0.0274. The van der Waals surface area contributed by atoms with Crippen LogP contribution in [0.3, 0.4) is 0 Å². The molecule has 0 fully saturated rings. The Labute approximate surface area is 106 Å². The van der Waals surface area contributed by atoms with Gasteiger partial charge in [-0.05, 0) is 25.1 Å². The van der Waals surface area contributed by atoms with Crippen molar-refractivity contribution >= 4 is 15.7 Å². The molecule has 0 aliphatic rings. The third kappa shape index (κ3) is 2.78. The Morgan fingerprint density at radius 1 is 1.56 bits per heavy atom. The second-order valence-corrected chi connectivity index (χ2v) is 5.89. The number of halogens is 1. The van der Waals surface area contributed by atoms with Crippen molar-refractivity contribution in [3.05, 3.63) is 24.0 Å². The summed E-state index contributed by atoms with van der Waals surface area (Å²) in [5.74, 6) is -0.861. The van der Waals surface area contributed by atoms with Crippen molar-refractivity contribution in [2.45, 2.75) is 24.3 Å². The number of nitrogen functional groups attached to an aromatic ring is 1. The number of sulfonamides is 1. The van der Waals surface area contributed by atoms with Crippen LogP contribution in [0.1, 0.15) is 13.3 Å². The van der Waals surface area contributed by atoms with E-state index in [-0.39, 0.29) is 12.1 Å². The molecule has 1 atom stereocenters. The van der Waals surface area contributed by atoms with Crippen LogP contribution < -0.4 is 5.73 Å². The molecule has 1 aromatic rings. The summed E-state index contributed by atoms with van der Waals surface area (Å²) in [7, 11) is -2.68. The van der Waals surface area contributed by atoms with E-state index >= 15 is 0 Å². The van der Waals surface area contributed by atoms with Crippen molar-refractivity contribution in [1.29, 1.82) is 5.26 Å². The van der Waals surface area contributed by atoms with Crippen LogP contribution in [0.2, 0.25) is 0 Å². The smallest absolute Gasteiger partial charge is 0.246 e. The first-order chi connectivity index (χ1) is 8.30. The molecule has 0 spiro atoms. The summed E-state index contributed by atoms with van der Waals surface area (Å²) in [6.07, 6.45) is 0.0274. The summed E-state index contributed by atoms with van der Waals surface area (Å²) in [5, 5.41) is 8.55. The molecule has 0 heterocycles.